The Bertz CT molecular complexity index is 600. The van der Waals surface area contributed by atoms with Gasteiger partial charge in [0.2, 0.25) is 0 Å². The summed E-state index contributed by atoms with van der Waals surface area (Å²) in [5.74, 6) is 1.76. The van der Waals surface area contributed by atoms with Crippen LogP contribution in [0.1, 0.15) is 19.3 Å². The van der Waals surface area contributed by atoms with Crippen molar-refractivity contribution in [3.63, 3.8) is 0 Å². The van der Waals surface area contributed by atoms with Gasteiger partial charge in [-0.3, -0.25) is 0 Å². The summed E-state index contributed by atoms with van der Waals surface area (Å²) in [5, 5.41) is 5.80. The van der Waals surface area contributed by atoms with Gasteiger partial charge in [0.25, 0.3) is 0 Å². The molecule has 3 rings (SSSR count). The van der Waals surface area contributed by atoms with Crippen LogP contribution in [-0.4, -0.2) is 31.3 Å². The Morgan fingerprint density at radius 2 is 2.10 bits per heavy atom. The quantitative estimate of drug-likeness (QED) is 0.928. The molecule has 1 aromatic heterocycles. The molecule has 0 amide bonds. The van der Waals surface area contributed by atoms with E-state index in [4.69, 9.17) is 9.47 Å². The van der Waals surface area contributed by atoms with E-state index in [2.05, 4.69) is 16.4 Å². The largest absolute Gasteiger partial charge is 0.497 e. The van der Waals surface area contributed by atoms with Gasteiger partial charge in [-0.2, -0.15) is 0 Å². The van der Waals surface area contributed by atoms with Crippen molar-refractivity contribution in [2.75, 3.05) is 19.5 Å². The van der Waals surface area contributed by atoms with Crippen LogP contribution in [0.4, 0.5) is 5.82 Å². The highest BCUT2D eigenvalue weighted by Crippen LogP contribution is 2.29. The highest BCUT2D eigenvalue weighted by molar-refractivity contribution is 5.92. The van der Waals surface area contributed by atoms with Crippen LogP contribution in [-0.2, 0) is 4.74 Å². The summed E-state index contributed by atoms with van der Waals surface area (Å²) in [6.45, 7) is 0. The Labute approximate surface area is 119 Å². The van der Waals surface area contributed by atoms with Crippen LogP contribution >= 0.6 is 0 Å². The highest BCUT2D eigenvalue weighted by atomic mass is 16.5. The predicted octanol–water partition coefficient (Wildman–Crippen LogP) is 3.22. The number of benzene rings is 1. The summed E-state index contributed by atoms with van der Waals surface area (Å²) in [6.07, 6.45) is 5.55. The molecule has 4 heteroatoms. The van der Waals surface area contributed by atoms with Crippen LogP contribution < -0.4 is 10.1 Å². The molecule has 1 aliphatic rings. The summed E-state index contributed by atoms with van der Waals surface area (Å²) >= 11 is 0. The molecular formula is C16H20N2O2. The number of hydrogen-bond acceptors (Lipinski definition) is 4. The maximum Gasteiger partial charge on any atom is 0.134 e. The van der Waals surface area contributed by atoms with E-state index in [9.17, 15) is 0 Å². The van der Waals surface area contributed by atoms with Gasteiger partial charge < -0.3 is 14.8 Å². The number of nitrogens with zero attached hydrogens (tertiary/aromatic N) is 1. The number of hydrogen-bond donors (Lipinski definition) is 1. The average Bonchev–Trinajstić information content (AvgIpc) is 2.94. The number of fused-ring (bicyclic) bond motifs is 1. The predicted molar refractivity (Wildman–Crippen MR) is 80.4 cm³/mol. The van der Waals surface area contributed by atoms with E-state index in [0.29, 0.717) is 6.04 Å². The molecule has 1 aliphatic carbocycles. The fraction of sp³-hybridized carbons (Fsp3) is 0.438. The minimum atomic E-state index is 0.276. The second-order valence-electron chi connectivity index (χ2n) is 5.20. The second kappa shape index (κ2) is 5.67. The maximum atomic E-state index is 5.54. The molecule has 1 heterocycles. The Hall–Kier alpha value is -1.81. The molecule has 2 unspecified atom stereocenters. The van der Waals surface area contributed by atoms with Crippen molar-refractivity contribution in [2.45, 2.75) is 31.4 Å². The normalized spacial score (nSPS) is 22.1. The molecule has 1 aromatic carbocycles. The fourth-order valence-electron chi connectivity index (χ4n) is 2.94. The number of nitrogens with one attached hydrogen (secondary N) is 1. The van der Waals surface area contributed by atoms with Gasteiger partial charge in [0, 0.05) is 18.7 Å². The van der Waals surface area contributed by atoms with Gasteiger partial charge in [-0.05, 0) is 42.8 Å². The first-order valence-corrected chi connectivity index (χ1v) is 7.04. The molecule has 1 N–H and O–H groups in total. The van der Waals surface area contributed by atoms with Crippen LogP contribution in [0.2, 0.25) is 0 Å². The summed E-state index contributed by atoms with van der Waals surface area (Å²) in [6, 6.07) is 8.41. The molecular weight excluding hydrogens is 252 g/mol. The third-order valence-electron chi connectivity index (χ3n) is 4.05. The van der Waals surface area contributed by atoms with Gasteiger partial charge in [0.05, 0.1) is 19.3 Å². The monoisotopic (exact) mass is 272 g/mol. The molecule has 1 saturated carbocycles. The third kappa shape index (κ3) is 2.43. The average molecular weight is 272 g/mol. The lowest BCUT2D eigenvalue weighted by molar-refractivity contribution is 0.101. The zero-order valence-electron chi connectivity index (χ0n) is 11.9. The number of pyridine rings is 1. The van der Waals surface area contributed by atoms with Crippen LogP contribution in [0.15, 0.2) is 30.5 Å². The van der Waals surface area contributed by atoms with Gasteiger partial charge in [-0.1, -0.05) is 6.07 Å². The van der Waals surface area contributed by atoms with Crippen molar-refractivity contribution in [1.82, 2.24) is 4.98 Å². The van der Waals surface area contributed by atoms with Crippen LogP contribution in [0.5, 0.6) is 5.75 Å². The smallest absolute Gasteiger partial charge is 0.134 e. The van der Waals surface area contributed by atoms with Crippen LogP contribution in [0, 0.1) is 0 Å². The first-order valence-electron chi connectivity index (χ1n) is 7.04. The topological polar surface area (TPSA) is 43.4 Å². The molecule has 0 bridgehead atoms. The minimum Gasteiger partial charge on any atom is -0.497 e. The zero-order chi connectivity index (χ0) is 13.9. The first kappa shape index (κ1) is 13.2. The zero-order valence-corrected chi connectivity index (χ0v) is 11.9. The first-order chi connectivity index (χ1) is 9.81. The fourth-order valence-corrected chi connectivity index (χ4v) is 2.94. The molecule has 0 spiro atoms. The third-order valence-corrected chi connectivity index (χ3v) is 4.05. The van der Waals surface area contributed by atoms with Gasteiger partial charge in [0.1, 0.15) is 11.6 Å². The number of rotatable bonds is 4. The van der Waals surface area contributed by atoms with Crippen LogP contribution in [0.25, 0.3) is 10.8 Å². The van der Waals surface area contributed by atoms with Crippen molar-refractivity contribution < 1.29 is 9.47 Å². The molecule has 0 aliphatic heterocycles. The van der Waals surface area contributed by atoms with Gasteiger partial charge in [0.15, 0.2) is 0 Å². The molecule has 1 fully saturated rings. The van der Waals surface area contributed by atoms with Crippen molar-refractivity contribution in [3.05, 3.63) is 30.5 Å². The number of ether oxygens (including phenoxy) is 2. The molecule has 0 radical (unpaired) electrons. The van der Waals surface area contributed by atoms with Crippen molar-refractivity contribution in [3.8, 4) is 5.75 Å². The van der Waals surface area contributed by atoms with E-state index >= 15 is 0 Å². The SMILES string of the molecule is COc1ccc2ccnc(NC3CCCC3OC)c2c1. The Morgan fingerprint density at radius 1 is 1.20 bits per heavy atom. The van der Waals surface area contributed by atoms with Crippen LogP contribution in [0.3, 0.4) is 0 Å². The summed E-state index contributed by atoms with van der Waals surface area (Å²) < 4.78 is 10.8. The minimum absolute atomic E-state index is 0.276. The van der Waals surface area contributed by atoms with E-state index in [1.165, 1.54) is 6.42 Å². The van der Waals surface area contributed by atoms with Crippen molar-refractivity contribution >= 4 is 16.6 Å². The van der Waals surface area contributed by atoms with Crippen molar-refractivity contribution in [2.24, 2.45) is 0 Å². The lowest BCUT2D eigenvalue weighted by atomic mass is 10.1. The highest BCUT2D eigenvalue weighted by Gasteiger charge is 2.27. The molecule has 2 atom stereocenters. The number of aromatic nitrogens is 1. The van der Waals surface area contributed by atoms with Gasteiger partial charge in [-0.25, -0.2) is 4.98 Å². The van der Waals surface area contributed by atoms with E-state index in [0.717, 1.165) is 35.2 Å². The lowest BCUT2D eigenvalue weighted by Crippen LogP contribution is -2.30. The summed E-state index contributed by atoms with van der Waals surface area (Å²) in [5.41, 5.74) is 0. The lowest BCUT2D eigenvalue weighted by Gasteiger charge is -2.21. The molecule has 4 nitrogen and oxygen atoms in total. The van der Waals surface area contributed by atoms with Crippen molar-refractivity contribution in [1.29, 1.82) is 0 Å². The van der Waals surface area contributed by atoms with E-state index in [1.54, 1.807) is 14.2 Å². The molecule has 0 saturated heterocycles. The Morgan fingerprint density at radius 3 is 2.90 bits per heavy atom. The Balaban J connectivity index is 1.94. The Kier molecular flexibility index (Phi) is 3.74. The summed E-state index contributed by atoms with van der Waals surface area (Å²) in [7, 11) is 3.47. The summed E-state index contributed by atoms with van der Waals surface area (Å²) in [4.78, 5) is 4.49. The maximum absolute atomic E-state index is 5.54. The number of methoxy groups -OCH3 is 2. The second-order valence-corrected chi connectivity index (χ2v) is 5.20. The molecule has 106 valence electrons. The van der Waals surface area contributed by atoms with Gasteiger partial charge >= 0.3 is 0 Å². The van der Waals surface area contributed by atoms with Gasteiger partial charge in [-0.15, -0.1) is 0 Å². The molecule has 2 aromatic rings. The molecule has 20 heavy (non-hydrogen) atoms. The standard InChI is InChI=1S/C16H20N2O2/c1-19-12-7-6-11-8-9-17-16(13(11)10-12)18-14-4-3-5-15(14)20-2/h6-10,14-15H,3-5H2,1-2H3,(H,17,18). The van der Waals surface area contributed by atoms with E-state index < -0.39 is 0 Å². The van der Waals surface area contributed by atoms with E-state index in [1.807, 2.05) is 24.4 Å². The van der Waals surface area contributed by atoms with E-state index in [-0.39, 0.29) is 6.10 Å². The number of anilines is 1.